The Morgan fingerprint density at radius 2 is 1.89 bits per heavy atom. The molecule has 15 heteroatoms. The van der Waals surface area contributed by atoms with Crippen molar-refractivity contribution in [3.8, 4) is 23.0 Å². The van der Waals surface area contributed by atoms with Crippen molar-refractivity contribution in [3.63, 3.8) is 0 Å². The summed E-state index contributed by atoms with van der Waals surface area (Å²) in [5.74, 6) is -0.383. The summed E-state index contributed by atoms with van der Waals surface area (Å²) in [6, 6.07) is 2.12. The fourth-order valence-corrected chi connectivity index (χ4v) is 5.35. The normalized spacial score (nSPS) is 21.3. The molecule has 3 heterocycles. The lowest BCUT2D eigenvalue weighted by Gasteiger charge is -2.35. The van der Waals surface area contributed by atoms with E-state index in [2.05, 4.69) is 19.9 Å². The zero-order chi connectivity index (χ0) is 31.5. The number of likely N-dealkylation sites (tertiary alicyclic amines) is 1. The maximum Gasteiger partial charge on any atom is 0.407 e. The maximum absolute atomic E-state index is 14.1. The van der Waals surface area contributed by atoms with Crippen LogP contribution in [-0.4, -0.2) is 110 Å². The Balaban J connectivity index is 1.44. The minimum atomic E-state index is -3.04. The molecule has 13 nitrogen and oxygen atoms in total. The fourth-order valence-electron chi connectivity index (χ4n) is 5.35. The number of carbonyl (C=O) groups is 3. The second-order valence-electron chi connectivity index (χ2n) is 11.5. The molecule has 240 valence electrons. The standard InChI is InChI=1S/C29H38F2N6O7/c1-16(32)24-23(34-25(44-24)18-6-7-21(43-28(30)31)22(12-18)42-15-17-4-5-17)27(39)37-14-19(33-29(40)41-3)13-20(37)26(38)36-10-8-35(2)9-11-36/h6-7,12,16-17,19-20,28H,4-5,8-11,13-15,32H2,1-3H3,(H,33,40)/t16-,19?,20-/m0/s1. The van der Waals surface area contributed by atoms with Gasteiger partial charge in [-0.25, -0.2) is 9.78 Å². The van der Waals surface area contributed by atoms with Gasteiger partial charge in [-0.3, -0.25) is 9.59 Å². The molecule has 2 saturated heterocycles. The maximum atomic E-state index is 14.1. The Morgan fingerprint density at radius 1 is 1.16 bits per heavy atom. The molecule has 1 saturated carbocycles. The van der Waals surface area contributed by atoms with Gasteiger partial charge in [0.2, 0.25) is 11.8 Å². The Kier molecular flexibility index (Phi) is 9.53. The van der Waals surface area contributed by atoms with E-state index in [4.69, 9.17) is 19.6 Å². The number of amides is 3. The smallest absolute Gasteiger partial charge is 0.407 e. The first-order chi connectivity index (χ1) is 21.0. The number of benzene rings is 1. The highest BCUT2D eigenvalue weighted by atomic mass is 19.3. The van der Waals surface area contributed by atoms with Gasteiger partial charge in [0.05, 0.1) is 25.8 Å². The second-order valence-corrected chi connectivity index (χ2v) is 11.5. The van der Waals surface area contributed by atoms with Crippen molar-refractivity contribution in [1.29, 1.82) is 0 Å². The molecule has 2 aromatic rings. The molecule has 0 radical (unpaired) electrons. The summed E-state index contributed by atoms with van der Waals surface area (Å²) in [7, 11) is 3.21. The van der Waals surface area contributed by atoms with Crippen molar-refractivity contribution in [2.45, 2.75) is 50.9 Å². The SMILES string of the molecule is COC(=O)NC1C[C@@H](C(=O)N2CCN(C)CC2)N(C(=O)c2nc(-c3ccc(OC(F)F)c(OCC4CC4)c3)oc2[C@H](C)N)C1. The molecule has 0 bridgehead atoms. The number of alkyl carbamates (subject to hydrolysis) is 1. The average Bonchev–Trinajstić information content (AvgIpc) is 3.56. The topological polar surface area (TPSA) is 153 Å². The summed E-state index contributed by atoms with van der Waals surface area (Å²) >= 11 is 0. The summed E-state index contributed by atoms with van der Waals surface area (Å²) in [5, 5.41) is 2.70. The molecule has 44 heavy (non-hydrogen) atoms. The van der Waals surface area contributed by atoms with Gasteiger partial charge in [-0.05, 0) is 57.4 Å². The molecule has 3 atom stereocenters. The number of piperazine rings is 1. The van der Waals surface area contributed by atoms with Crippen LogP contribution in [0, 0.1) is 5.92 Å². The molecule has 1 aliphatic carbocycles. The average molecular weight is 621 g/mol. The molecule has 1 unspecified atom stereocenters. The van der Waals surface area contributed by atoms with E-state index in [1.807, 2.05) is 7.05 Å². The Morgan fingerprint density at radius 3 is 2.52 bits per heavy atom. The highest BCUT2D eigenvalue weighted by molar-refractivity contribution is 5.98. The van der Waals surface area contributed by atoms with Crippen molar-refractivity contribution in [2.75, 3.05) is 53.5 Å². The molecule has 5 rings (SSSR count). The summed E-state index contributed by atoms with van der Waals surface area (Å²) in [5.41, 5.74) is 6.46. The number of nitrogens with one attached hydrogen (secondary N) is 1. The number of rotatable bonds is 10. The van der Waals surface area contributed by atoms with Crippen molar-refractivity contribution >= 4 is 17.9 Å². The van der Waals surface area contributed by atoms with Gasteiger partial charge in [0.25, 0.3) is 5.91 Å². The van der Waals surface area contributed by atoms with Crippen LogP contribution in [-0.2, 0) is 9.53 Å². The summed E-state index contributed by atoms with van der Waals surface area (Å²) in [4.78, 5) is 49.5. The molecule has 1 aromatic carbocycles. The first kappa shape index (κ1) is 31.4. The first-order valence-corrected chi connectivity index (χ1v) is 14.6. The molecule has 2 aliphatic heterocycles. The van der Waals surface area contributed by atoms with Crippen molar-refractivity contribution in [3.05, 3.63) is 29.7 Å². The van der Waals surface area contributed by atoms with Crippen LogP contribution in [0.2, 0.25) is 0 Å². The highest BCUT2D eigenvalue weighted by Gasteiger charge is 2.44. The molecule has 1 aromatic heterocycles. The van der Waals surface area contributed by atoms with Crippen LogP contribution in [0.25, 0.3) is 11.5 Å². The van der Waals surface area contributed by atoms with Gasteiger partial charge in [-0.15, -0.1) is 0 Å². The van der Waals surface area contributed by atoms with Crippen molar-refractivity contribution in [1.82, 2.24) is 25.0 Å². The van der Waals surface area contributed by atoms with Crippen LogP contribution < -0.4 is 20.5 Å². The van der Waals surface area contributed by atoms with Gasteiger partial charge in [-0.2, -0.15) is 8.78 Å². The third-order valence-electron chi connectivity index (χ3n) is 8.02. The summed E-state index contributed by atoms with van der Waals surface area (Å²) < 4.78 is 47.2. The van der Waals surface area contributed by atoms with E-state index in [-0.39, 0.29) is 47.7 Å². The van der Waals surface area contributed by atoms with Gasteiger partial charge in [0.1, 0.15) is 6.04 Å². The number of hydrogen-bond donors (Lipinski definition) is 2. The van der Waals surface area contributed by atoms with Crippen LogP contribution in [0.5, 0.6) is 11.5 Å². The molecule has 3 N–H and O–H groups in total. The van der Waals surface area contributed by atoms with Gasteiger partial charge in [-0.1, -0.05) is 0 Å². The Bertz CT molecular complexity index is 1360. The molecule has 3 amide bonds. The van der Waals surface area contributed by atoms with Gasteiger partial charge in [0, 0.05) is 38.3 Å². The number of carbonyl (C=O) groups excluding carboxylic acids is 3. The predicted octanol–water partition coefficient (Wildman–Crippen LogP) is 2.46. The molecule has 0 spiro atoms. The minimum absolute atomic E-state index is 0.0193. The molecular formula is C29H38F2N6O7. The number of ether oxygens (including phenoxy) is 3. The molecular weight excluding hydrogens is 582 g/mol. The Hall–Kier alpha value is -3.98. The Labute approximate surface area is 253 Å². The molecule has 3 fully saturated rings. The van der Waals surface area contributed by atoms with Gasteiger partial charge < -0.3 is 44.4 Å². The van der Waals surface area contributed by atoms with E-state index in [9.17, 15) is 23.2 Å². The van der Waals surface area contributed by atoms with E-state index in [0.717, 1.165) is 12.8 Å². The summed E-state index contributed by atoms with van der Waals surface area (Å²) in [6.07, 6.45) is 1.52. The quantitative estimate of drug-likeness (QED) is 0.405. The summed E-state index contributed by atoms with van der Waals surface area (Å²) in [6.45, 7) is 1.40. The lowest BCUT2D eigenvalue weighted by atomic mass is 10.1. The number of nitrogens with two attached hydrogens (primary N) is 1. The van der Waals surface area contributed by atoms with Crippen LogP contribution in [0.1, 0.15) is 48.5 Å². The number of halogens is 2. The fraction of sp³-hybridized carbons (Fsp3) is 0.586. The predicted molar refractivity (Wildman–Crippen MR) is 152 cm³/mol. The number of alkyl halides is 2. The van der Waals surface area contributed by atoms with E-state index in [0.29, 0.717) is 44.3 Å². The zero-order valence-corrected chi connectivity index (χ0v) is 25.0. The van der Waals surface area contributed by atoms with E-state index in [1.54, 1.807) is 11.8 Å². The van der Waals surface area contributed by atoms with Crippen LogP contribution in [0.4, 0.5) is 13.6 Å². The van der Waals surface area contributed by atoms with E-state index < -0.39 is 36.7 Å². The number of methoxy groups -OCH3 is 1. The van der Waals surface area contributed by atoms with Gasteiger partial charge >= 0.3 is 12.7 Å². The van der Waals surface area contributed by atoms with Gasteiger partial charge in [0.15, 0.2) is 23.0 Å². The number of aromatic nitrogens is 1. The van der Waals surface area contributed by atoms with Crippen molar-refractivity contribution < 1.29 is 41.8 Å². The minimum Gasteiger partial charge on any atom is -0.489 e. The van der Waals surface area contributed by atoms with Crippen LogP contribution in [0.3, 0.4) is 0 Å². The lowest BCUT2D eigenvalue weighted by Crippen LogP contribution is -2.53. The van der Waals surface area contributed by atoms with Crippen molar-refractivity contribution in [2.24, 2.45) is 11.7 Å². The van der Waals surface area contributed by atoms with Crippen LogP contribution in [0.15, 0.2) is 22.6 Å². The number of likely N-dealkylation sites (N-methyl/N-ethyl adjacent to an activating group) is 1. The third kappa shape index (κ3) is 7.21. The number of hydrogen-bond acceptors (Lipinski definition) is 10. The second kappa shape index (κ2) is 13.3. The van der Waals surface area contributed by atoms with E-state index >= 15 is 0 Å². The highest BCUT2D eigenvalue weighted by Crippen LogP contribution is 2.37. The first-order valence-electron chi connectivity index (χ1n) is 14.6. The third-order valence-corrected chi connectivity index (χ3v) is 8.02. The monoisotopic (exact) mass is 620 g/mol. The lowest BCUT2D eigenvalue weighted by molar-refractivity contribution is -0.136. The largest absolute Gasteiger partial charge is 0.489 e. The van der Waals surface area contributed by atoms with Crippen LogP contribution >= 0.6 is 0 Å². The number of nitrogens with zero attached hydrogens (tertiary/aromatic N) is 4. The zero-order valence-electron chi connectivity index (χ0n) is 25.0. The molecule has 3 aliphatic rings. The van der Waals surface area contributed by atoms with E-state index in [1.165, 1.54) is 30.2 Å². The number of oxazole rings is 1.